The number of rotatable bonds is 31. The first-order valence-corrected chi connectivity index (χ1v) is 36.5. The molecule has 0 aromatic heterocycles. The Morgan fingerprint density at radius 3 is 1.14 bits per heavy atom. The average Bonchev–Trinajstić information content (AvgIpc) is 1.58. The van der Waals surface area contributed by atoms with Gasteiger partial charge in [-0.3, -0.25) is 44.0 Å². The van der Waals surface area contributed by atoms with E-state index in [4.69, 9.17) is 9.47 Å². The molecule has 2 aliphatic carbocycles. The lowest BCUT2D eigenvalue weighted by atomic mass is 9.77. The molecule has 1 heterocycles. The average molecular weight is 1430 g/mol. The van der Waals surface area contributed by atoms with Gasteiger partial charge in [-0.2, -0.15) is 33.2 Å². The van der Waals surface area contributed by atoms with Crippen molar-refractivity contribution in [2.24, 2.45) is 44.1 Å². The summed E-state index contributed by atoms with van der Waals surface area (Å²) in [6, 6.07) is 43.7. The predicted molar refractivity (Wildman–Crippen MR) is 381 cm³/mol. The van der Waals surface area contributed by atoms with E-state index >= 15 is 0 Å². The van der Waals surface area contributed by atoms with Gasteiger partial charge < -0.3 is 40.5 Å². The summed E-state index contributed by atoms with van der Waals surface area (Å²) in [5.41, 5.74) is 5.93. The minimum atomic E-state index is -4.64. The van der Waals surface area contributed by atoms with E-state index < -0.39 is 82.5 Å². The Morgan fingerprint density at radius 2 is 0.804 bits per heavy atom. The summed E-state index contributed by atoms with van der Waals surface area (Å²) in [4.78, 5) is 81.3. The van der Waals surface area contributed by atoms with Crippen LogP contribution in [-0.4, -0.2) is 138 Å². The van der Waals surface area contributed by atoms with Crippen molar-refractivity contribution in [2.75, 3.05) is 76.4 Å². The minimum Gasteiger partial charge on any atom is -0.492 e. The molecule has 1 saturated heterocycles. The fourth-order valence-electron chi connectivity index (χ4n) is 12.6. The lowest BCUT2D eigenvalue weighted by molar-refractivity contribution is -0.385. The number of carbonyl (C=O) groups is 4. The normalized spacial score (nSPS) is 18.6. The van der Waals surface area contributed by atoms with Crippen molar-refractivity contribution in [1.29, 1.82) is 0 Å². The van der Waals surface area contributed by atoms with Gasteiger partial charge in [0.1, 0.15) is 24.7 Å². The van der Waals surface area contributed by atoms with Crippen molar-refractivity contribution in [1.82, 2.24) is 25.6 Å². The third kappa shape index (κ3) is 20.3. The molecule has 30 heteroatoms. The van der Waals surface area contributed by atoms with Crippen molar-refractivity contribution in [3.8, 4) is 11.5 Å². The number of azo groups is 2. The molecule has 1 aliphatic heterocycles. The number of nitrogens with zero attached hydrogens (tertiary/aromatic N) is 9. The van der Waals surface area contributed by atoms with Gasteiger partial charge in [0, 0.05) is 99.6 Å². The van der Waals surface area contributed by atoms with Crippen LogP contribution >= 0.6 is 0 Å². The first kappa shape index (κ1) is 74.1. The molecule has 0 unspecified atom stereocenters. The largest absolute Gasteiger partial charge is 0.492 e. The van der Waals surface area contributed by atoms with Gasteiger partial charge in [-0.1, -0.05) is 49.9 Å². The third-order valence-electron chi connectivity index (χ3n) is 18.5. The van der Waals surface area contributed by atoms with Gasteiger partial charge in [-0.05, 0) is 171 Å². The molecule has 28 nitrogen and oxygen atoms in total. The number of amides is 4. The van der Waals surface area contributed by atoms with E-state index in [2.05, 4.69) is 41.7 Å². The Kier molecular flexibility index (Phi) is 25.2. The van der Waals surface area contributed by atoms with Crippen molar-refractivity contribution in [2.45, 2.75) is 86.1 Å². The molecule has 0 bridgehead atoms. The van der Waals surface area contributed by atoms with Crippen molar-refractivity contribution in [3.05, 3.63) is 201 Å². The maximum atomic E-state index is 14.5. The topological polar surface area (TPSA) is 369 Å². The van der Waals surface area contributed by atoms with E-state index in [-0.39, 0.29) is 41.2 Å². The molecule has 3 aliphatic rings. The Hall–Kier alpha value is -10.6. The second-order valence-electron chi connectivity index (χ2n) is 25.4. The standard InChI is InChI=1S/C72H81N13O15S2/c1-81(55-23-15-51(16-24-55)77-79-53-19-27-57(28-20-53)84(90)91)43-45-99-59-31-11-49(12-32-59)39-41-73-69(86)63-7-3-5-9-65(63)71(88)75-67-47-83(101(94,95)61-35-37-62(38-36-61)102(96,97)98)48-68(67)76-72(89)66-10-6-4-8-64(66)70(87)74-42-40-50-13-33-60(34-14-50)100-46-44-82(2)56-25-17-52(18-26-56)78-80-54-21-29-58(30-22-54)85(92)93/h11-38,63-68H,3-10,39-48H2,1-2H3,(H,73,86)(H,74,87)(H,75,88)(H,76,89)(H,96,97,98)/t63-,64-,65-,66-,67+,68+/m1/s1. The van der Waals surface area contributed by atoms with E-state index in [9.17, 15) is 60.8 Å². The summed E-state index contributed by atoms with van der Waals surface area (Å²) in [6.07, 6.45) is 5.44. The van der Waals surface area contributed by atoms with Gasteiger partial charge in [0.05, 0.1) is 67.6 Å². The van der Waals surface area contributed by atoms with Crippen molar-refractivity contribution < 1.29 is 59.9 Å². The molecular weight excluding hydrogens is 1350 g/mol. The van der Waals surface area contributed by atoms with Gasteiger partial charge in [0.25, 0.3) is 21.5 Å². The molecule has 2 saturated carbocycles. The number of nitro groups is 2. The highest BCUT2D eigenvalue weighted by atomic mass is 32.2. The molecule has 4 amide bonds. The lowest BCUT2D eigenvalue weighted by Crippen LogP contribution is -2.55. The van der Waals surface area contributed by atoms with E-state index in [0.717, 1.165) is 51.1 Å². The number of carbonyl (C=O) groups excluding carboxylic acids is 4. The first-order chi connectivity index (χ1) is 49.0. The van der Waals surface area contributed by atoms with Crippen LogP contribution in [0.25, 0.3) is 0 Å². The second-order valence-corrected chi connectivity index (χ2v) is 28.7. The van der Waals surface area contributed by atoms with Crippen LogP contribution in [0, 0.1) is 43.9 Å². The van der Waals surface area contributed by atoms with Crippen LogP contribution < -0.4 is 40.5 Å². The SMILES string of the molecule is CN(CCOc1ccc(CCNC(=O)[C@@H]2CCCC[C@H]2C(=O)N[C@H]2CN(S(=O)(=O)c3ccc(S(=O)(=O)O)cc3)C[C@@H]2NC(=O)[C@@H]2CCCC[C@H]2C(=O)NCCc2ccc(OCCN(C)c3ccc(N=Nc4ccc([N+](=O)[O-])cc4)cc3)cc2)cc1)c1ccc(N=Nc2ccc([N+](=O)[O-])cc2)cc1. The number of benzene rings is 7. The van der Waals surface area contributed by atoms with Crippen molar-refractivity contribution >= 4 is 89.3 Å². The van der Waals surface area contributed by atoms with Crippen LogP contribution in [0.5, 0.6) is 11.5 Å². The van der Waals surface area contributed by atoms with Crippen molar-refractivity contribution in [3.63, 3.8) is 0 Å². The molecule has 10 rings (SSSR count). The zero-order chi connectivity index (χ0) is 72.3. The van der Waals surface area contributed by atoms with E-state index in [1.54, 1.807) is 0 Å². The highest BCUT2D eigenvalue weighted by Gasteiger charge is 2.45. The summed E-state index contributed by atoms with van der Waals surface area (Å²) >= 11 is 0. The molecule has 7 aromatic rings. The molecular formula is C72H81N13O15S2. The molecule has 5 N–H and O–H groups in total. The number of likely N-dealkylation sites (N-methyl/N-ethyl adjacent to an activating group) is 2. The Labute approximate surface area is 591 Å². The fraction of sp³-hybridized carbons (Fsp3) is 0.361. The fourth-order valence-corrected chi connectivity index (χ4v) is 14.6. The lowest BCUT2D eigenvalue weighted by Gasteiger charge is -2.33. The van der Waals surface area contributed by atoms with Crippen LogP contribution in [0.4, 0.5) is 45.5 Å². The molecule has 0 radical (unpaired) electrons. The first-order valence-electron chi connectivity index (χ1n) is 33.7. The van der Waals surface area contributed by atoms with Gasteiger partial charge in [0.15, 0.2) is 0 Å². The summed E-state index contributed by atoms with van der Waals surface area (Å²) in [6.45, 7) is 1.95. The quantitative estimate of drug-likeness (QED) is 0.0117. The molecule has 6 atom stereocenters. The monoisotopic (exact) mass is 1430 g/mol. The number of ether oxygens (including phenoxy) is 2. The van der Waals surface area contributed by atoms with E-state index in [1.807, 2.05) is 121 Å². The molecule has 102 heavy (non-hydrogen) atoms. The van der Waals surface area contributed by atoms with Gasteiger partial charge in [-0.15, -0.1) is 0 Å². The Bertz CT molecular complexity index is 4120. The molecule has 536 valence electrons. The number of non-ortho nitro benzene ring substituents is 2. The maximum Gasteiger partial charge on any atom is 0.294 e. The molecule has 7 aromatic carbocycles. The highest BCUT2D eigenvalue weighted by Crippen LogP contribution is 2.35. The number of anilines is 2. The molecule has 0 spiro atoms. The number of nitro benzene ring substituents is 2. The van der Waals surface area contributed by atoms with Crippen LogP contribution in [0.3, 0.4) is 0 Å². The number of nitrogens with one attached hydrogen (secondary N) is 4. The van der Waals surface area contributed by atoms with Crippen LogP contribution in [0.2, 0.25) is 0 Å². The smallest absolute Gasteiger partial charge is 0.294 e. The number of sulfonamides is 1. The zero-order valence-corrected chi connectivity index (χ0v) is 58.0. The second kappa shape index (κ2) is 34.7. The van der Waals surface area contributed by atoms with Gasteiger partial charge >= 0.3 is 0 Å². The summed E-state index contributed by atoms with van der Waals surface area (Å²) < 4.78 is 75.0. The predicted octanol–water partition coefficient (Wildman–Crippen LogP) is 10.9. The highest BCUT2D eigenvalue weighted by molar-refractivity contribution is 7.89. The summed E-state index contributed by atoms with van der Waals surface area (Å²) in [5, 5.41) is 50.8. The molecule has 3 fully saturated rings. The van der Waals surface area contributed by atoms with E-state index in [1.165, 1.54) is 48.5 Å². The van der Waals surface area contributed by atoms with Gasteiger partial charge in [-0.25, -0.2) is 8.42 Å². The van der Waals surface area contributed by atoms with Crippen LogP contribution in [0.1, 0.15) is 62.5 Å². The minimum absolute atomic E-state index is 0.0265. The summed E-state index contributed by atoms with van der Waals surface area (Å²) in [5.74, 6) is -3.10. The Morgan fingerprint density at radius 1 is 0.480 bits per heavy atom. The van der Waals surface area contributed by atoms with Crippen LogP contribution in [-0.2, 0) is 52.2 Å². The zero-order valence-electron chi connectivity index (χ0n) is 56.4. The third-order valence-corrected chi connectivity index (χ3v) is 21.2. The summed E-state index contributed by atoms with van der Waals surface area (Å²) in [7, 11) is -5.15. The van der Waals surface area contributed by atoms with Crippen LogP contribution in [0.15, 0.2) is 200 Å². The number of hydrogen-bond donors (Lipinski definition) is 5. The number of hydrogen-bond acceptors (Lipinski definition) is 20. The maximum absolute atomic E-state index is 14.5. The Balaban J connectivity index is 0.688. The van der Waals surface area contributed by atoms with E-state index in [0.29, 0.717) is 138 Å². The van der Waals surface area contributed by atoms with Gasteiger partial charge in [0.2, 0.25) is 33.7 Å².